The highest BCUT2D eigenvalue weighted by Gasteiger charge is 2.45. The lowest BCUT2D eigenvalue weighted by Crippen LogP contribution is -2.21. The molecule has 0 heterocycles. The summed E-state index contributed by atoms with van der Waals surface area (Å²) in [6.07, 6.45) is 1.82. The van der Waals surface area contributed by atoms with E-state index in [9.17, 15) is 13.6 Å². The van der Waals surface area contributed by atoms with Crippen molar-refractivity contribution in [2.75, 3.05) is 6.61 Å². The third kappa shape index (κ3) is 3.66. The van der Waals surface area contributed by atoms with Gasteiger partial charge in [0.2, 0.25) is 0 Å². The third-order valence-corrected chi connectivity index (χ3v) is 3.30. The molecule has 2 rings (SSSR count). The molecule has 1 aliphatic carbocycles. The summed E-state index contributed by atoms with van der Waals surface area (Å²) < 4.78 is 30.3. The lowest BCUT2D eigenvalue weighted by atomic mass is 9.92. The number of aliphatic carboxylic acids is 1. The monoisotopic (exact) mass is 270 g/mol. The van der Waals surface area contributed by atoms with Crippen molar-refractivity contribution in [3.05, 3.63) is 29.8 Å². The molecular formula is C14H16F2O3. The number of rotatable bonds is 6. The number of hydrogen-bond donors (Lipinski definition) is 1. The summed E-state index contributed by atoms with van der Waals surface area (Å²) >= 11 is 0. The molecule has 1 aliphatic rings. The normalized spacial score (nSPS) is 17.0. The van der Waals surface area contributed by atoms with Gasteiger partial charge in [-0.1, -0.05) is 12.1 Å². The Labute approximate surface area is 110 Å². The fourth-order valence-electron chi connectivity index (χ4n) is 2.12. The van der Waals surface area contributed by atoms with Crippen LogP contribution in [0.25, 0.3) is 0 Å². The van der Waals surface area contributed by atoms with E-state index in [-0.39, 0.29) is 11.8 Å². The molecule has 1 aromatic rings. The second-order valence-electron chi connectivity index (χ2n) is 5.23. The molecule has 0 atom stereocenters. The Balaban J connectivity index is 2.01. The smallest absolute Gasteiger partial charge is 0.304 e. The highest BCUT2D eigenvalue weighted by Crippen LogP contribution is 2.51. The number of carboxylic acid groups (broad SMARTS) is 1. The molecule has 0 bridgehead atoms. The zero-order valence-corrected chi connectivity index (χ0v) is 10.7. The highest BCUT2D eigenvalue weighted by molar-refractivity contribution is 5.70. The standard InChI is InChI=1S/C14H16F2O3/c1-13(15,16)9-19-11-4-2-10(3-5-11)14(6-7-14)8-12(17)18/h2-5H,6-9H2,1H3,(H,17,18). The predicted octanol–water partition coefficient (Wildman–Crippen LogP) is 3.23. The quantitative estimate of drug-likeness (QED) is 0.863. The van der Waals surface area contributed by atoms with E-state index >= 15 is 0 Å². The molecule has 1 fully saturated rings. The van der Waals surface area contributed by atoms with Gasteiger partial charge >= 0.3 is 5.97 Å². The maximum absolute atomic E-state index is 12.6. The first kappa shape index (κ1) is 13.8. The third-order valence-electron chi connectivity index (χ3n) is 3.30. The van der Waals surface area contributed by atoms with Crippen molar-refractivity contribution in [2.45, 2.75) is 37.5 Å². The van der Waals surface area contributed by atoms with Crippen molar-refractivity contribution in [3.8, 4) is 5.75 Å². The SMILES string of the molecule is CC(F)(F)COc1ccc(C2(CC(=O)O)CC2)cc1. The molecule has 0 unspecified atom stereocenters. The van der Waals surface area contributed by atoms with Gasteiger partial charge < -0.3 is 9.84 Å². The Morgan fingerprint density at radius 3 is 2.37 bits per heavy atom. The van der Waals surface area contributed by atoms with Crippen molar-refractivity contribution in [3.63, 3.8) is 0 Å². The zero-order chi connectivity index (χ0) is 14.1. The van der Waals surface area contributed by atoms with Crippen LogP contribution < -0.4 is 4.74 Å². The molecular weight excluding hydrogens is 254 g/mol. The van der Waals surface area contributed by atoms with Crippen molar-refractivity contribution in [1.29, 1.82) is 0 Å². The van der Waals surface area contributed by atoms with E-state index in [4.69, 9.17) is 9.84 Å². The number of carboxylic acids is 1. The van der Waals surface area contributed by atoms with E-state index in [1.165, 1.54) is 0 Å². The Bertz CT molecular complexity index is 459. The van der Waals surface area contributed by atoms with Crippen LogP contribution in [0.2, 0.25) is 0 Å². The maximum atomic E-state index is 12.6. The number of hydrogen-bond acceptors (Lipinski definition) is 2. The number of halogens is 2. The molecule has 0 radical (unpaired) electrons. The van der Waals surface area contributed by atoms with Crippen LogP contribution in [-0.4, -0.2) is 23.6 Å². The highest BCUT2D eigenvalue weighted by atomic mass is 19.3. The number of alkyl halides is 2. The first-order valence-corrected chi connectivity index (χ1v) is 6.14. The zero-order valence-electron chi connectivity index (χ0n) is 10.7. The molecule has 5 heteroatoms. The fraction of sp³-hybridized carbons (Fsp3) is 0.500. The maximum Gasteiger partial charge on any atom is 0.304 e. The first-order valence-electron chi connectivity index (χ1n) is 6.14. The van der Waals surface area contributed by atoms with Crippen molar-refractivity contribution in [1.82, 2.24) is 0 Å². The molecule has 3 nitrogen and oxygen atoms in total. The van der Waals surface area contributed by atoms with Gasteiger partial charge in [0.05, 0.1) is 6.42 Å². The molecule has 1 aromatic carbocycles. The van der Waals surface area contributed by atoms with Crippen molar-refractivity contribution in [2.24, 2.45) is 0 Å². The Morgan fingerprint density at radius 1 is 1.37 bits per heavy atom. The molecule has 1 N–H and O–H groups in total. The summed E-state index contributed by atoms with van der Waals surface area (Å²) in [5, 5.41) is 8.87. The van der Waals surface area contributed by atoms with Gasteiger partial charge in [-0.3, -0.25) is 4.79 Å². The van der Waals surface area contributed by atoms with Crippen LogP contribution in [0.15, 0.2) is 24.3 Å². The largest absolute Gasteiger partial charge is 0.487 e. The van der Waals surface area contributed by atoms with E-state index in [1.807, 2.05) is 0 Å². The number of ether oxygens (including phenoxy) is 1. The van der Waals surface area contributed by atoms with Gasteiger partial charge in [-0.15, -0.1) is 0 Å². The van der Waals surface area contributed by atoms with Gasteiger partial charge in [-0.05, 0) is 30.5 Å². The number of benzene rings is 1. The van der Waals surface area contributed by atoms with E-state index in [1.54, 1.807) is 24.3 Å². The molecule has 0 amide bonds. The lowest BCUT2D eigenvalue weighted by molar-refractivity contribution is -0.137. The Hall–Kier alpha value is -1.65. The van der Waals surface area contributed by atoms with E-state index in [0.717, 1.165) is 25.3 Å². The van der Waals surface area contributed by atoms with Gasteiger partial charge in [-0.2, -0.15) is 0 Å². The van der Waals surface area contributed by atoms with Gasteiger partial charge in [0.15, 0.2) is 6.61 Å². The van der Waals surface area contributed by atoms with Crippen LogP contribution >= 0.6 is 0 Å². The second kappa shape index (κ2) is 4.79. The van der Waals surface area contributed by atoms with Crippen LogP contribution in [0.5, 0.6) is 5.75 Å². The summed E-state index contributed by atoms with van der Waals surface area (Å²) in [6, 6.07) is 6.75. The first-order chi connectivity index (χ1) is 8.81. The van der Waals surface area contributed by atoms with Gasteiger partial charge in [0, 0.05) is 12.3 Å². The van der Waals surface area contributed by atoms with E-state index in [2.05, 4.69) is 0 Å². The Kier molecular flexibility index (Phi) is 3.47. The molecule has 19 heavy (non-hydrogen) atoms. The van der Waals surface area contributed by atoms with Gasteiger partial charge in [0.1, 0.15) is 5.75 Å². The minimum atomic E-state index is -2.86. The molecule has 1 saturated carbocycles. The fourth-order valence-corrected chi connectivity index (χ4v) is 2.12. The second-order valence-corrected chi connectivity index (χ2v) is 5.23. The molecule has 0 spiro atoms. The molecule has 0 saturated heterocycles. The minimum absolute atomic E-state index is 0.111. The molecule has 0 aromatic heterocycles. The summed E-state index contributed by atoms with van der Waals surface area (Å²) in [6.45, 7) is 0.139. The summed E-state index contributed by atoms with van der Waals surface area (Å²) in [5.41, 5.74) is 0.671. The summed E-state index contributed by atoms with van der Waals surface area (Å²) in [4.78, 5) is 10.8. The molecule has 104 valence electrons. The van der Waals surface area contributed by atoms with E-state index < -0.39 is 18.5 Å². The van der Waals surface area contributed by atoms with E-state index in [0.29, 0.717) is 5.75 Å². The average Bonchev–Trinajstić information content (AvgIpc) is 3.06. The Morgan fingerprint density at radius 2 is 1.95 bits per heavy atom. The van der Waals surface area contributed by atoms with Gasteiger partial charge in [-0.25, -0.2) is 8.78 Å². The summed E-state index contributed by atoms with van der Waals surface area (Å²) in [7, 11) is 0. The topological polar surface area (TPSA) is 46.5 Å². The average molecular weight is 270 g/mol. The van der Waals surface area contributed by atoms with Crippen LogP contribution in [0.3, 0.4) is 0 Å². The number of carbonyl (C=O) groups is 1. The lowest BCUT2D eigenvalue weighted by Gasteiger charge is -2.15. The van der Waals surface area contributed by atoms with Gasteiger partial charge in [0.25, 0.3) is 5.92 Å². The van der Waals surface area contributed by atoms with Crippen LogP contribution in [0, 0.1) is 0 Å². The van der Waals surface area contributed by atoms with Crippen LogP contribution in [-0.2, 0) is 10.2 Å². The van der Waals surface area contributed by atoms with Crippen LogP contribution in [0.4, 0.5) is 8.78 Å². The minimum Gasteiger partial charge on any atom is -0.487 e. The predicted molar refractivity (Wildman–Crippen MR) is 65.7 cm³/mol. The molecule has 0 aliphatic heterocycles. The van der Waals surface area contributed by atoms with Crippen LogP contribution in [0.1, 0.15) is 31.7 Å². The van der Waals surface area contributed by atoms with Crippen molar-refractivity contribution < 1.29 is 23.4 Å². The summed E-state index contributed by atoms with van der Waals surface area (Å²) in [5.74, 6) is -3.31. The van der Waals surface area contributed by atoms with Crippen molar-refractivity contribution >= 4 is 5.97 Å².